The van der Waals surface area contributed by atoms with Crippen LogP contribution in [0.3, 0.4) is 0 Å². The lowest BCUT2D eigenvalue weighted by molar-refractivity contribution is 0.104. The maximum absolute atomic E-state index is 12.2. The number of allylic oxidation sites excluding steroid dienone is 1. The van der Waals surface area contributed by atoms with Crippen LogP contribution in [0.1, 0.15) is 32.6 Å². The zero-order valence-electron chi connectivity index (χ0n) is 13.0. The lowest BCUT2D eigenvalue weighted by Crippen LogP contribution is -2.00. The second-order valence-electron chi connectivity index (χ2n) is 5.54. The number of anilines is 1. The van der Waals surface area contributed by atoms with Crippen LogP contribution < -0.4 is 5.32 Å². The first kappa shape index (κ1) is 15.0. The molecule has 108 valence electrons. The van der Waals surface area contributed by atoms with Crippen LogP contribution in [0, 0.1) is 27.7 Å². The van der Waals surface area contributed by atoms with Gasteiger partial charge in [-0.2, -0.15) is 0 Å². The van der Waals surface area contributed by atoms with Gasteiger partial charge in [0.15, 0.2) is 5.78 Å². The van der Waals surface area contributed by atoms with Crippen molar-refractivity contribution in [2.45, 2.75) is 27.7 Å². The Morgan fingerprint density at radius 1 is 0.905 bits per heavy atom. The summed E-state index contributed by atoms with van der Waals surface area (Å²) in [5.74, 6) is 0.0214. The first-order chi connectivity index (χ1) is 9.95. The SMILES string of the molecule is Cc1cc(C)cc(NC=CC(=O)c2cc(C)ccc2C)c1. The van der Waals surface area contributed by atoms with E-state index in [0.29, 0.717) is 0 Å². The zero-order chi connectivity index (χ0) is 15.4. The third-order valence-corrected chi connectivity index (χ3v) is 3.36. The molecule has 0 unspecified atom stereocenters. The summed E-state index contributed by atoms with van der Waals surface area (Å²) in [4.78, 5) is 12.2. The van der Waals surface area contributed by atoms with Gasteiger partial charge in [-0.3, -0.25) is 4.79 Å². The Labute approximate surface area is 126 Å². The molecule has 0 amide bonds. The van der Waals surface area contributed by atoms with Gasteiger partial charge < -0.3 is 5.32 Å². The summed E-state index contributed by atoms with van der Waals surface area (Å²) in [6.07, 6.45) is 3.29. The maximum atomic E-state index is 12.2. The van der Waals surface area contributed by atoms with Crippen molar-refractivity contribution in [1.29, 1.82) is 0 Å². The van der Waals surface area contributed by atoms with E-state index in [1.807, 2.05) is 32.0 Å². The zero-order valence-corrected chi connectivity index (χ0v) is 13.0. The van der Waals surface area contributed by atoms with Gasteiger partial charge >= 0.3 is 0 Å². The Morgan fingerprint density at radius 2 is 1.57 bits per heavy atom. The highest BCUT2D eigenvalue weighted by atomic mass is 16.1. The highest BCUT2D eigenvalue weighted by molar-refractivity contribution is 6.05. The van der Waals surface area contributed by atoms with Gasteiger partial charge in [0.2, 0.25) is 0 Å². The normalized spacial score (nSPS) is 10.9. The van der Waals surface area contributed by atoms with Crippen molar-refractivity contribution in [2.24, 2.45) is 0 Å². The molecule has 0 aliphatic rings. The van der Waals surface area contributed by atoms with Crippen LogP contribution in [0.5, 0.6) is 0 Å². The minimum absolute atomic E-state index is 0.0214. The molecule has 0 aliphatic carbocycles. The second kappa shape index (κ2) is 6.40. The van der Waals surface area contributed by atoms with Gasteiger partial charge in [-0.25, -0.2) is 0 Å². The molecule has 2 nitrogen and oxygen atoms in total. The minimum Gasteiger partial charge on any atom is -0.362 e. The quantitative estimate of drug-likeness (QED) is 0.647. The van der Waals surface area contributed by atoms with Crippen LogP contribution in [0.4, 0.5) is 5.69 Å². The molecule has 21 heavy (non-hydrogen) atoms. The van der Waals surface area contributed by atoms with E-state index in [1.165, 1.54) is 11.1 Å². The van der Waals surface area contributed by atoms with Crippen molar-refractivity contribution in [2.75, 3.05) is 5.32 Å². The average Bonchev–Trinajstić information content (AvgIpc) is 2.40. The molecule has 0 spiro atoms. The molecule has 0 atom stereocenters. The van der Waals surface area contributed by atoms with Crippen molar-refractivity contribution >= 4 is 11.5 Å². The molecule has 2 rings (SSSR count). The maximum Gasteiger partial charge on any atom is 0.187 e. The van der Waals surface area contributed by atoms with Gasteiger partial charge in [-0.05, 0) is 62.6 Å². The molecule has 0 bridgehead atoms. The van der Waals surface area contributed by atoms with E-state index in [-0.39, 0.29) is 5.78 Å². The number of ketones is 1. The predicted octanol–water partition coefficient (Wildman–Crippen LogP) is 4.73. The summed E-state index contributed by atoms with van der Waals surface area (Å²) in [5, 5.41) is 3.16. The average molecular weight is 279 g/mol. The predicted molar refractivity (Wildman–Crippen MR) is 88.9 cm³/mol. The number of nitrogens with one attached hydrogen (secondary N) is 1. The number of rotatable bonds is 4. The number of hydrogen-bond acceptors (Lipinski definition) is 2. The molecule has 0 saturated heterocycles. The number of hydrogen-bond donors (Lipinski definition) is 1. The van der Waals surface area contributed by atoms with Gasteiger partial charge in [-0.1, -0.05) is 23.8 Å². The van der Waals surface area contributed by atoms with Gasteiger partial charge in [0, 0.05) is 23.5 Å². The van der Waals surface area contributed by atoms with Crippen LogP contribution in [-0.4, -0.2) is 5.78 Å². The van der Waals surface area contributed by atoms with Crippen molar-refractivity contribution in [3.8, 4) is 0 Å². The highest BCUT2D eigenvalue weighted by Gasteiger charge is 2.05. The molecule has 0 aromatic heterocycles. The van der Waals surface area contributed by atoms with Crippen LogP contribution in [0.2, 0.25) is 0 Å². The Hall–Kier alpha value is -2.35. The molecule has 0 heterocycles. The van der Waals surface area contributed by atoms with Gasteiger partial charge in [-0.15, -0.1) is 0 Å². The molecule has 0 fully saturated rings. The number of carbonyl (C=O) groups excluding carboxylic acids is 1. The van der Waals surface area contributed by atoms with Crippen LogP contribution in [0.15, 0.2) is 48.7 Å². The molecule has 1 N–H and O–H groups in total. The molecule has 0 radical (unpaired) electrons. The standard InChI is InChI=1S/C19H21NO/c1-13-5-6-16(4)18(12-13)19(21)7-8-20-17-10-14(2)9-15(3)11-17/h5-12,20H,1-4H3. The molecular weight excluding hydrogens is 258 g/mol. The first-order valence-corrected chi connectivity index (χ1v) is 7.08. The van der Waals surface area contributed by atoms with Crippen molar-refractivity contribution in [3.05, 3.63) is 76.5 Å². The van der Waals surface area contributed by atoms with E-state index in [9.17, 15) is 4.79 Å². The topological polar surface area (TPSA) is 29.1 Å². The van der Waals surface area contributed by atoms with E-state index in [0.717, 1.165) is 22.4 Å². The van der Waals surface area contributed by atoms with E-state index >= 15 is 0 Å². The minimum atomic E-state index is 0.0214. The fourth-order valence-electron chi connectivity index (χ4n) is 2.36. The molecule has 2 heteroatoms. The van der Waals surface area contributed by atoms with E-state index in [2.05, 4.69) is 37.4 Å². The van der Waals surface area contributed by atoms with Crippen LogP contribution >= 0.6 is 0 Å². The second-order valence-corrected chi connectivity index (χ2v) is 5.54. The molecule has 2 aromatic carbocycles. The van der Waals surface area contributed by atoms with Gasteiger partial charge in [0.25, 0.3) is 0 Å². The lowest BCUT2D eigenvalue weighted by Gasteiger charge is -2.05. The van der Waals surface area contributed by atoms with Gasteiger partial charge in [0.05, 0.1) is 0 Å². The summed E-state index contributed by atoms with van der Waals surface area (Å²) in [6, 6.07) is 12.2. The number of benzene rings is 2. The number of carbonyl (C=O) groups is 1. The van der Waals surface area contributed by atoms with Crippen molar-refractivity contribution in [3.63, 3.8) is 0 Å². The van der Waals surface area contributed by atoms with Crippen LogP contribution in [-0.2, 0) is 0 Å². The third-order valence-electron chi connectivity index (χ3n) is 3.36. The fourth-order valence-corrected chi connectivity index (χ4v) is 2.36. The summed E-state index contributed by atoms with van der Waals surface area (Å²) in [7, 11) is 0. The summed E-state index contributed by atoms with van der Waals surface area (Å²) >= 11 is 0. The summed E-state index contributed by atoms with van der Waals surface area (Å²) in [6.45, 7) is 8.07. The van der Waals surface area contributed by atoms with Crippen molar-refractivity contribution < 1.29 is 4.79 Å². The van der Waals surface area contributed by atoms with Gasteiger partial charge in [0.1, 0.15) is 0 Å². The fraction of sp³-hybridized carbons (Fsp3) is 0.211. The monoisotopic (exact) mass is 279 g/mol. The summed E-state index contributed by atoms with van der Waals surface area (Å²) < 4.78 is 0. The lowest BCUT2D eigenvalue weighted by atomic mass is 10.0. The molecule has 0 saturated carbocycles. The molecule has 0 aliphatic heterocycles. The largest absolute Gasteiger partial charge is 0.362 e. The molecule has 2 aromatic rings. The smallest absolute Gasteiger partial charge is 0.187 e. The Balaban J connectivity index is 2.10. The van der Waals surface area contributed by atoms with Crippen LogP contribution in [0.25, 0.3) is 0 Å². The van der Waals surface area contributed by atoms with E-state index in [1.54, 1.807) is 12.3 Å². The first-order valence-electron chi connectivity index (χ1n) is 7.08. The Bertz CT molecular complexity index is 678. The number of aryl methyl sites for hydroxylation is 4. The third kappa shape index (κ3) is 4.06. The molecular formula is C19H21NO. The van der Waals surface area contributed by atoms with E-state index in [4.69, 9.17) is 0 Å². The van der Waals surface area contributed by atoms with E-state index < -0.39 is 0 Å². The summed E-state index contributed by atoms with van der Waals surface area (Å²) in [5.41, 5.74) is 6.26. The highest BCUT2D eigenvalue weighted by Crippen LogP contribution is 2.14. The Kier molecular flexibility index (Phi) is 4.59. The Morgan fingerprint density at radius 3 is 2.24 bits per heavy atom. The van der Waals surface area contributed by atoms with Crippen molar-refractivity contribution in [1.82, 2.24) is 0 Å².